The van der Waals surface area contributed by atoms with Crippen molar-refractivity contribution in [3.05, 3.63) is 65.4 Å². The van der Waals surface area contributed by atoms with Gasteiger partial charge in [-0.3, -0.25) is 14.4 Å². The maximum absolute atomic E-state index is 12.7. The van der Waals surface area contributed by atoms with Crippen molar-refractivity contribution in [1.82, 2.24) is 4.57 Å². The molecule has 8 heteroatoms. The highest BCUT2D eigenvalue weighted by molar-refractivity contribution is 6.45. The topological polar surface area (TPSA) is 129 Å². The van der Waals surface area contributed by atoms with Gasteiger partial charge in [0, 0.05) is 11.3 Å². The van der Waals surface area contributed by atoms with Crippen LogP contribution < -0.4 is 10.5 Å². The first-order valence-electron chi connectivity index (χ1n) is 8.70. The van der Waals surface area contributed by atoms with Crippen LogP contribution in [-0.4, -0.2) is 39.7 Å². The molecule has 0 atom stereocenters. The molecule has 0 unspecified atom stereocenters. The van der Waals surface area contributed by atoms with Crippen LogP contribution >= 0.6 is 0 Å². The van der Waals surface area contributed by atoms with E-state index in [4.69, 9.17) is 15.6 Å². The molecule has 3 N–H and O–H groups in total. The number of primary amides is 1. The second-order valence-electron chi connectivity index (χ2n) is 6.36. The lowest BCUT2D eigenvalue weighted by Crippen LogP contribution is -2.24. The molecule has 0 bridgehead atoms. The molecule has 3 aromatic rings. The molecule has 0 aliphatic carbocycles. The van der Waals surface area contributed by atoms with Gasteiger partial charge in [0.05, 0.1) is 23.0 Å². The molecule has 0 radical (unpaired) electrons. The summed E-state index contributed by atoms with van der Waals surface area (Å²) in [5.74, 6) is -3.37. The van der Waals surface area contributed by atoms with E-state index < -0.39 is 24.3 Å². The van der Waals surface area contributed by atoms with E-state index in [0.717, 1.165) is 0 Å². The van der Waals surface area contributed by atoms with Crippen molar-refractivity contribution in [3.63, 3.8) is 0 Å². The van der Waals surface area contributed by atoms with E-state index in [1.54, 1.807) is 54.0 Å². The normalized spacial score (nSPS) is 10.7. The highest BCUT2D eigenvalue weighted by Crippen LogP contribution is 2.34. The van der Waals surface area contributed by atoms with Gasteiger partial charge in [-0.05, 0) is 19.1 Å². The number of benzene rings is 2. The summed E-state index contributed by atoms with van der Waals surface area (Å²) in [6.07, 6.45) is 0. The second-order valence-corrected chi connectivity index (χ2v) is 6.36. The molecule has 0 aliphatic rings. The Kier molecular flexibility index (Phi) is 5.45. The lowest BCUT2D eigenvalue weighted by Gasteiger charge is -2.09. The average Bonchev–Trinajstić information content (AvgIpc) is 2.98. The number of Topliss-reactive ketones (excluding diaryl/α,β-unsaturated/α-hetero) is 2. The van der Waals surface area contributed by atoms with Crippen LogP contribution in [0.3, 0.4) is 0 Å². The van der Waals surface area contributed by atoms with Gasteiger partial charge in [-0.15, -0.1) is 0 Å². The SMILES string of the molecule is Cc1c(C(=O)C(N)=O)c2c(OCC(=O)O)cccc2n1CC(=O)c1ccccc1. The number of fused-ring (bicyclic) bond motifs is 1. The first-order valence-corrected chi connectivity index (χ1v) is 8.70. The monoisotopic (exact) mass is 394 g/mol. The number of aliphatic carboxylic acids is 1. The van der Waals surface area contributed by atoms with E-state index in [0.29, 0.717) is 16.8 Å². The summed E-state index contributed by atoms with van der Waals surface area (Å²) in [7, 11) is 0. The molecule has 0 spiro atoms. The number of hydrogen-bond donors (Lipinski definition) is 2. The Morgan fingerprint density at radius 3 is 2.34 bits per heavy atom. The number of ether oxygens (including phenoxy) is 1. The minimum Gasteiger partial charge on any atom is -0.481 e. The van der Waals surface area contributed by atoms with Crippen molar-refractivity contribution in [2.24, 2.45) is 5.73 Å². The molecule has 0 fully saturated rings. The molecule has 8 nitrogen and oxygen atoms in total. The number of carboxylic acid groups (broad SMARTS) is 1. The lowest BCUT2D eigenvalue weighted by atomic mass is 10.1. The zero-order valence-corrected chi connectivity index (χ0v) is 15.5. The third-order valence-electron chi connectivity index (χ3n) is 4.51. The minimum atomic E-state index is -1.19. The summed E-state index contributed by atoms with van der Waals surface area (Å²) in [5, 5.41) is 9.15. The molecule has 1 aromatic heterocycles. The third-order valence-corrected chi connectivity index (χ3v) is 4.51. The van der Waals surface area contributed by atoms with E-state index in [9.17, 15) is 19.2 Å². The zero-order chi connectivity index (χ0) is 21.1. The quantitative estimate of drug-likeness (QED) is 0.444. The first-order chi connectivity index (χ1) is 13.8. The number of hydrogen-bond acceptors (Lipinski definition) is 5. The lowest BCUT2D eigenvalue weighted by molar-refractivity contribution is -0.139. The Labute approximate surface area is 165 Å². The fourth-order valence-corrected chi connectivity index (χ4v) is 3.22. The summed E-state index contributed by atoms with van der Waals surface area (Å²) in [5.41, 5.74) is 6.51. The van der Waals surface area contributed by atoms with Gasteiger partial charge in [-0.2, -0.15) is 0 Å². The van der Waals surface area contributed by atoms with E-state index in [-0.39, 0.29) is 29.0 Å². The summed E-state index contributed by atoms with van der Waals surface area (Å²) in [6, 6.07) is 13.4. The first kappa shape index (κ1) is 19.8. The molecule has 0 saturated carbocycles. The predicted molar refractivity (Wildman–Crippen MR) is 104 cm³/mol. The molecule has 2 aromatic carbocycles. The average molecular weight is 394 g/mol. The van der Waals surface area contributed by atoms with Crippen LogP contribution in [0.2, 0.25) is 0 Å². The van der Waals surface area contributed by atoms with Crippen LogP contribution in [0.1, 0.15) is 26.4 Å². The van der Waals surface area contributed by atoms with Gasteiger partial charge < -0.3 is 20.1 Å². The van der Waals surface area contributed by atoms with Crippen molar-refractivity contribution >= 4 is 34.3 Å². The van der Waals surface area contributed by atoms with Crippen molar-refractivity contribution in [1.29, 1.82) is 0 Å². The van der Waals surface area contributed by atoms with Gasteiger partial charge in [0.15, 0.2) is 12.4 Å². The highest BCUT2D eigenvalue weighted by atomic mass is 16.5. The maximum atomic E-state index is 12.7. The molecule has 1 heterocycles. The van der Waals surface area contributed by atoms with E-state index >= 15 is 0 Å². The standard InChI is InChI=1S/C21H18N2O6/c1-12-18(20(27)21(22)28)19-14(8-5-9-16(19)29-11-17(25)26)23(12)10-15(24)13-6-3-2-4-7-13/h2-9H,10-11H2,1H3,(H2,22,28)(H,25,26). The molecular formula is C21H18N2O6. The summed E-state index contributed by atoms with van der Waals surface area (Å²) in [4.78, 5) is 47.7. The number of carboxylic acids is 1. The summed E-state index contributed by atoms with van der Waals surface area (Å²) >= 11 is 0. The number of carbonyl (C=O) groups excluding carboxylic acids is 3. The third kappa shape index (κ3) is 3.86. The molecule has 1 amide bonds. The number of nitrogens with two attached hydrogens (primary N) is 1. The molecule has 0 aliphatic heterocycles. The summed E-state index contributed by atoms with van der Waals surface area (Å²) < 4.78 is 6.90. The molecule has 29 heavy (non-hydrogen) atoms. The Morgan fingerprint density at radius 1 is 1.03 bits per heavy atom. The zero-order valence-electron chi connectivity index (χ0n) is 15.5. The van der Waals surface area contributed by atoms with Gasteiger partial charge in [0.2, 0.25) is 0 Å². The second kappa shape index (κ2) is 7.97. The van der Waals surface area contributed by atoms with Crippen LogP contribution in [0.15, 0.2) is 48.5 Å². The van der Waals surface area contributed by atoms with Gasteiger partial charge in [0.25, 0.3) is 11.7 Å². The largest absolute Gasteiger partial charge is 0.481 e. The molecule has 0 saturated heterocycles. The number of ketones is 2. The molecular weight excluding hydrogens is 376 g/mol. The number of nitrogens with zero attached hydrogens (tertiary/aromatic N) is 1. The van der Waals surface area contributed by atoms with E-state index in [2.05, 4.69) is 0 Å². The van der Waals surface area contributed by atoms with Crippen LogP contribution in [-0.2, 0) is 16.1 Å². The molecule has 3 rings (SSSR count). The van der Waals surface area contributed by atoms with Crippen molar-refractivity contribution in [2.75, 3.05) is 6.61 Å². The summed E-state index contributed by atoms with van der Waals surface area (Å²) in [6.45, 7) is 0.882. The highest BCUT2D eigenvalue weighted by Gasteiger charge is 2.27. The van der Waals surface area contributed by atoms with Gasteiger partial charge >= 0.3 is 5.97 Å². The molecule has 148 valence electrons. The Balaban J connectivity index is 2.17. The van der Waals surface area contributed by atoms with Crippen LogP contribution in [0.5, 0.6) is 5.75 Å². The van der Waals surface area contributed by atoms with Crippen LogP contribution in [0.4, 0.5) is 0 Å². The van der Waals surface area contributed by atoms with Crippen molar-refractivity contribution < 1.29 is 29.0 Å². The van der Waals surface area contributed by atoms with E-state index in [1.807, 2.05) is 0 Å². The Morgan fingerprint density at radius 2 is 1.72 bits per heavy atom. The van der Waals surface area contributed by atoms with Crippen LogP contribution in [0.25, 0.3) is 10.9 Å². The van der Waals surface area contributed by atoms with Crippen molar-refractivity contribution in [2.45, 2.75) is 13.5 Å². The van der Waals surface area contributed by atoms with Gasteiger partial charge in [-0.25, -0.2) is 4.79 Å². The number of rotatable bonds is 8. The maximum Gasteiger partial charge on any atom is 0.341 e. The Hall–Kier alpha value is -3.94. The smallest absolute Gasteiger partial charge is 0.341 e. The predicted octanol–water partition coefficient (Wildman–Crippen LogP) is 1.96. The number of amides is 1. The van der Waals surface area contributed by atoms with E-state index in [1.165, 1.54) is 6.07 Å². The van der Waals surface area contributed by atoms with Gasteiger partial charge in [-0.1, -0.05) is 36.4 Å². The fraction of sp³-hybridized carbons (Fsp3) is 0.143. The van der Waals surface area contributed by atoms with Crippen molar-refractivity contribution in [3.8, 4) is 5.75 Å². The van der Waals surface area contributed by atoms with Gasteiger partial charge in [0.1, 0.15) is 5.75 Å². The Bertz CT molecular complexity index is 1130. The number of aromatic nitrogens is 1. The minimum absolute atomic E-state index is 0.00523. The fourth-order valence-electron chi connectivity index (χ4n) is 3.22. The number of carbonyl (C=O) groups is 4. The van der Waals surface area contributed by atoms with Crippen LogP contribution in [0, 0.1) is 6.92 Å².